The van der Waals surface area contributed by atoms with Crippen LogP contribution in [0.5, 0.6) is 0 Å². The van der Waals surface area contributed by atoms with Crippen molar-refractivity contribution < 1.29 is 4.92 Å². The highest BCUT2D eigenvalue weighted by atomic mass is 16.6. The number of anilines is 1. The molecule has 1 rings (SSSR count). The zero-order valence-corrected chi connectivity index (χ0v) is 9.78. The Morgan fingerprint density at radius 1 is 1.44 bits per heavy atom. The molecule has 0 radical (unpaired) electrons. The van der Waals surface area contributed by atoms with Gasteiger partial charge in [0.1, 0.15) is 0 Å². The van der Waals surface area contributed by atoms with Gasteiger partial charge >= 0.3 is 0 Å². The lowest BCUT2D eigenvalue weighted by atomic mass is 10.2. The number of nitro groups is 1. The zero-order valence-electron chi connectivity index (χ0n) is 9.78. The lowest BCUT2D eigenvalue weighted by molar-refractivity contribution is -0.384. The molecule has 0 fully saturated rings. The van der Waals surface area contributed by atoms with Gasteiger partial charge in [-0.15, -0.1) is 0 Å². The average Bonchev–Trinajstić information content (AvgIpc) is 2.16. The molecule has 0 heterocycles. The molecular weight excluding hydrogens is 204 g/mol. The van der Waals surface area contributed by atoms with Gasteiger partial charge in [-0.25, -0.2) is 0 Å². The van der Waals surface area contributed by atoms with Gasteiger partial charge in [0.25, 0.3) is 5.69 Å². The lowest BCUT2D eigenvalue weighted by Crippen LogP contribution is -2.00. The minimum atomic E-state index is -0.376. The largest absolute Gasteiger partial charge is 0.381 e. The minimum Gasteiger partial charge on any atom is -0.381 e. The molecule has 0 unspecified atom stereocenters. The average molecular weight is 220 g/mol. The van der Waals surface area contributed by atoms with Crippen LogP contribution in [0.25, 0.3) is 0 Å². The molecule has 0 bridgehead atoms. The summed E-state index contributed by atoms with van der Waals surface area (Å²) in [6.07, 6.45) is 2.04. The van der Waals surface area contributed by atoms with Crippen LogP contribution >= 0.6 is 0 Å². The van der Waals surface area contributed by atoms with E-state index in [1.807, 2.05) is 32.9 Å². The second-order valence-electron chi connectivity index (χ2n) is 3.98. The van der Waals surface area contributed by atoms with Crippen molar-refractivity contribution in [3.63, 3.8) is 0 Å². The van der Waals surface area contributed by atoms with Crippen LogP contribution in [0.4, 0.5) is 11.4 Å². The van der Waals surface area contributed by atoms with Crippen LogP contribution in [0.1, 0.15) is 19.4 Å². The van der Waals surface area contributed by atoms with Crippen molar-refractivity contribution in [1.82, 2.24) is 0 Å². The molecule has 16 heavy (non-hydrogen) atoms. The molecule has 0 aromatic heterocycles. The summed E-state index contributed by atoms with van der Waals surface area (Å²) in [5, 5.41) is 13.8. The fourth-order valence-corrected chi connectivity index (χ4v) is 1.34. The molecule has 1 aromatic rings. The van der Waals surface area contributed by atoms with Crippen LogP contribution in [0.2, 0.25) is 0 Å². The van der Waals surface area contributed by atoms with Gasteiger partial charge in [-0.1, -0.05) is 11.6 Å². The Kier molecular flexibility index (Phi) is 4.05. The molecule has 86 valence electrons. The summed E-state index contributed by atoms with van der Waals surface area (Å²) in [4.78, 5) is 10.3. The highest BCUT2D eigenvalue weighted by Gasteiger charge is 2.07. The summed E-state index contributed by atoms with van der Waals surface area (Å²) >= 11 is 0. The number of allylic oxidation sites excluding steroid dienone is 1. The molecule has 0 aliphatic carbocycles. The predicted octanol–water partition coefficient (Wildman–Crippen LogP) is 3.28. The Morgan fingerprint density at radius 3 is 2.69 bits per heavy atom. The van der Waals surface area contributed by atoms with Gasteiger partial charge in [0, 0.05) is 24.4 Å². The quantitative estimate of drug-likeness (QED) is 0.481. The lowest BCUT2D eigenvalue weighted by Gasteiger charge is -2.05. The SMILES string of the molecule is CC(C)=CCNc1cc(C)cc([N+](=O)[O-])c1. The number of nitrogens with one attached hydrogen (secondary N) is 1. The number of hydrogen-bond donors (Lipinski definition) is 1. The second-order valence-corrected chi connectivity index (χ2v) is 3.98. The normalized spacial score (nSPS) is 9.69. The predicted molar refractivity (Wildman–Crippen MR) is 65.8 cm³/mol. The Hall–Kier alpha value is -1.84. The smallest absolute Gasteiger partial charge is 0.271 e. The Labute approximate surface area is 95.1 Å². The third-order valence-corrected chi connectivity index (χ3v) is 2.09. The van der Waals surface area contributed by atoms with Gasteiger partial charge in [0.05, 0.1) is 4.92 Å². The van der Waals surface area contributed by atoms with Gasteiger partial charge in [-0.05, 0) is 32.4 Å². The molecular formula is C12H16N2O2. The van der Waals surface area contributed by atoms with E-state index in [0.29, 0.717) is 6.54 Å². The molecule has 0 amide bonds. The highest BCUT2D eigenvalue weighted by Crippen LogP contribution is 2.20. The van der Waals surface area contributed by atoms with Gasteiger partial charge < -0.3 is 5.32 Å². The van der Waals surface area contributed by atoms with Crippen molar-refractivity contribution in [2.45, 2.75) is 20.8 Å². The summed E-state index contributed by atoms with van der Waals surface area (Å²) in [7, 11) is 0. The summed E-state index contributed by atoms with van der Waals surface area (Å²) in [5.41, 5.74) is 3.01. The van der Waals surface area contributed by atoms with E-state index < -0.39 is 0 Å². The van der Waals surface area contributed by atoms with Crippen molar-refractivity contribution >= 4 is 11.4 Å². The first-order valence-corrected chi connectivity index (χ1v) is 5.12. The van der Waals surface area contributed by atoms with E-state index in [1.165, 1.54) is 5.57 Å². The maximum atomic E-state index is 10.7. The molecule has 1 N–H and O–H groups in total. The number of non-ortho nitro benzene ring substituents is 1. The van der Waals surface area contributed by atoms with Crippen LogP contribution < -0.4 is 5.32 Å². The first-order valence-electron chi connectivity index (χ1n) is 5.12. The van der Waals surface area contributed by atoms with Gasteiger partial charge in [0.2, 0.25) is 0 Å². The highest BCUT2D eigenvalue weighted by molar-refractivity contribution is 5.54. The van der Waals surface area contributed by atoms with Crippen molar-refractivity contribution in [3.05, 3.63) is 45.5 Å². The Balaban J connectivity index is 2.80. The van der Waals surface area contributed by atoms with E-state index in [9.17, 15) is 10.1 Å². The summed E-state index contributed by atoms with van der Waals surface area (Å²) in [6, 6.07) is 5.00. The third-order valence-electron chi connectivity index (χ3n) is 2.09. The van der Waals surface area contributed by atoms with Crippen LogP contribution in [0.15, 0.2) is 29.8 Å². The van der Waals surface area contributed by atoms with E-state index in [4.69, 9.17) is 0 Å². The van der Waals surface area contributed by atoms with Crippen LogP contribution in [-0.2, 0) is 0 Å². The van der Waals surface area contributed by atoms with E-state index in [2.05, 4.69) is 5.32 Å². The first kappa shape index (κ1) is 12.2. The molecule has 0 atom stereocenters. The number of aryl methyl sites for hydroxylation is 1. The second kappa shape index (κ2) is 5.30. The van der Waals surface area contributed by atoms with Crippen LogP contribution in [0, 0.1) is 17.0 Å². The number of benzene rings is 1. The monoisotopic (exact) mass is 220 g/mol. The molecule has 1 aromatic carbocycles. The summed E-state index contributed by atoms with van der Waals surface area (Å²) < 4.78 is 0. The topological polar surface area (TPSA) is 55.2 Å². The first-order chi connectivity index (χ1) is 7.49. The summed E-state index contributed by atoms with van der Waals surface area (Å²) in [6.45, 7) is 6.56. The number of nitro benzene ring substituents is 1. The fourth-order valence-electron chi connectivity index (χ4n) is 1.34. The zero-order chi connectivity index (χ0) is 12.1. The Morgan fingerprint density at radius 2 is 2.12 bits per heavy atom. The standard InChI is InChI=1S/C12H16N2O2/c1-9(2)4-5-13-11-6-10(3)7-12(8-11)14(15)16/h4,6-8,13H,5H2,1-3H3. The van der Waals surface area contributed by atoms with E-state index in [1.54, 1.807) is 12.1 Å². The van der Waals surface area contributed by atoms with Crippen molar-refractivity contribution in [3.8, 4) is 0 Å². The molecule has 0 saturated heterocycles. The third kappa shape index (κ3) is 3.73. The van der Waals surface area contributed by atoms with E-state index in [0.717, 1.165) is 11.3 Å². The van der Waals surface area contributed by atoms with Crippen molar-refractivity contribution in [1.29, 1.82) is 0 Å². The van der Waals surface area contributed by atoms with Crippen LogP contribution in [-0.4, -0.2) is 11.5 Å². The van der Waals surface area contributed by atoms with Crippen LogP contribution in [0.3, 0.4) is 0 Å². The van der Waals surface area contributed by atoms with E-state index >= 15 is 0 Å². The number of rotatable bonds is 4. The summed E-state index contributed by atoms with van der Waals surface area (Å²) in [5.74, 6) is 0. The fraction of sp³-hybridized carbons (Fsp3) is 0.333. The number of hydrogen-bond acceptors (Lipinski definition) is 3. The van der Waals surface area contributed by atoms with Gasteiger partial charge in [-0.3, -0.25) is 10.1 Å². The maximum Gasteiger partial charge on any atom is 0.271 e. The van der Waals surface area contributed by atoms with E-state index in [-0.39, 0.29) is 10.6 Å². The van der Waals surface area contributed by atoms with Gasteiger partial charge in [0.15, 0.2) is 0 Å². The van der Waals surface area contributed by atoms with Crippen molar-refractivity contribution in [2.75, 3.05) is 11.9 Å². The molecule has 0 aliphatic heterocycles. The maximum absolute atomic E-state index is 10.7. The molecule has 0 aliphatic rings. The molecule has 4 nitrogen and oxygen atoms in total. The minimum absolute atomic E-state index is 0.125. The Bertz CT molecular complexity index is 421. The molecule has 0 spiro atoms. The van der Waals surface area contributed by atoms with Crippen molar-refractivity contribution in [2.24, 2.45) is 0 Å². The molecule has 0 saturated carbocycles. The molecule has 4 heteroatoms. The van der Waals surface area contributed by atoms with Gasteiger partial charge in [-0.2, -0.15) is 0 Å². The number of nitrogens with zero attached hydrogens (tertiary/aromatic N) is 1.